The summed E-state index contributed by atoms with van der Waals surface area (Å²) in [7, 11) is 0. The Balaban J connectivity index is 2.85. The van der Waals surface area contributed by atoms with Gasteiger partial charge >= 0.3 is 11.9 Å². The molecule has 158 valence electrons. The Morgan fingerprint density at radius 3 is 1.68 bits per heavy atom. The highest BCUT2D eigenvalue weighted by Crippen LogP contribution is 2.25. The topological polar surface area (TPSA) is 74.6 Å². The molecule has 0 saturated carbocycles. The van der Waals surface area contributed by atoms with Gasteiger partial charge in [0, 0.05) is 0 Å². The zero-order valence-corrected chi connectivity index (χ0v) is 17.8. The van der Waals surface area contributed by atoms with Crippen LogP contribution in [0, 0.1) is 0 Å². The Kier molecular flexibility index (Phi) is 12.3. The highest BCUT2D eigenvalue weighted by Gasteiger charge is 2.22. The maximum atomic E-state index is 11.9. The molecule has 4 nitrogen and oxygen atoms in total. The number of carbonyl (C=O) groups is 2. The van der Waals surface area contributed by atoms with E-state index in [4.69, 9.17) is 0 Å². The molecule has 1 aromatic carbocycles. The number of aryl methyl sites for hydroxylation is 1. The van der Waals surface area contributed by atoms with E-state index >= 15 is 0 Å². The summed E-state index contributed by atoms with van der Waals surface area (Å²) in [4.78, 5) is 23.4. The third kappa shape index (κ3) is 8.45. The first-order valence-electron chi connectivity index (χ1n) is 11.1. The van der Waals surface area contributed by atoms with Crippen LogP contribution < -0.4 is 0 Å². The Morgan fingerprint density at radius 2 is 1.18 bits per heavy atom. The van der Waals surface area contributed by atoms with E-state index in [1.807, 2.05) is 6.07 Å². The number of rotatable bonds is 16. The quantitative estimate of drug-likeness (QED) is 0.301. The first-order chi connectivity index (χ1) is 13.5. The molecular formula is C24H38O4. The Hall–Kier alpha value is -1.84. The molecule has 4 heteroatoms. The third-order valence-corrected chi connectivity index (χ3v) is 5.43. The van der Waals surface area contributed by atoms with Crippen LogP contribution in [-0.4, -0.2) is 22.2 Å². The maximum absolute atomic E-state index is 11.9. The van der Waals surface area contributed by atoms with E-state index in [2.05, 4.69) is 13.8 Å². The molecule has 0 aliphatic carbocycles. The molecule has 0 aliphatic rings. The molecule has 0 fully saturated rings. The van der Waals surface area contributed by atoms with E-state index in [9.17, 15) is 19.8 Å². The van der Waals surface area contributed by atoms with Gasteiger partial charge in [0.05, 0.1) is 11.1 Å². The maximum Gasteiger partial charge on any atom is 0.336 e. The summed E-state index contributed by atoms with van der Waals surface area (Å²) in [6, 6.07) is 3.32. The average Bonchev–Trinajstić information content (AvgIpc) is 2.67. The fourth-order valence-electron chi connectivity index (χ4n) is 3.81. The van der Waals surface area contributed by atoms with Crippen molar-refractivity contribution in [1.82, 2.24) is 0 Å². The van der Waals surface area contributed by atoms with Gasteiger partial charge in [-0.05, 0) is 42.9 Å². The summed E-state index contributed by atoms with van der Waals surface area (Å²) in [5.74, 6) is -2.28. The highest BCUT2D eigenvalue weighted by molar-refractivity contribution is 6.03. The van der Waals surface area contributed by atoms with Crippen molar-refractivity contribution in [1.29, 1.82) is 0 Å². The first kappa shape index (κ1) is 24.2. The fraction of sp³-hybridized carbons (Fsp3) is 0.667. The first-order valence-corrected chi connectivity index (χ1v) is 11.1. The Labute approximate surface area is 170 Å². The van der Waals surface area contributed by atoms with Crippen molar-refractivity contribution in [3.8, 4) is 0 Å². The second-order valence-electron chi connectivity index (χ2n) is 7.77. The van der Waals surface area contributed by atoms with Crippen molar-refractivity contribution in [2.24, 2.45) is 0 Å². The van der Waals surface area contributed by atoms with E-state index in [0.29, 0.717) is 6.42 Å². The second kappa shape index (κ2) is 14.2. The molecule has 0 heterocycles. The van der Waals surface area contributed by atoms with Gasteiger partial charge in [-0.15, -0.1) is 0 Å². The molecule has 0 aromatic heterocycles. The zero-order chi connectivity index (χ0) is 20.8. The van der Waals surface area contributed by atoms with Gasteiger partial charge in [-0.2, -0.15) is 0 Å². The average molecular weight is 391 g/mol. The van der Waals surface area contributed by atoms with Gasteiger partial charge in [-0.3, -0.25) is 0 Å². The van der Waals surface area contributed by atoms with Crippen molar-refractivity contribution < 1.29 is 19.8 Å². The van der Waals surface area contributed by atoms with Crippen LogP contribution in [-0.2, 0) is 12.8 Å². The van der Waals surface area contributed by atoms with Crippen LogP contribution in [0.15, 0.2) is 12.1 Å². The molecule has 28 heavy (non-hydrogen) atoms. The summed E-state index contributed by atoms with van der Waals surface area (Å²) in [6.07, 6.45) is 15.4. The van der Waals surface area contributed by atoms with Gasteiger partial charge < -0.3 is 10.2 Å². The van der Waals surface area contributed by atoms with Crippen LogP contribution in [0.25, 0.3) is 0 Å². The number of carboxylic acid groups (broad SMARTS) is 2. The van der Waals surface area contributed by atoms with Crippen molar-refractivity contribution in [3.05, 3.63) is 34.4 Å². The minimum Gasteiger partial charge on any atom is -0.478 e. The Morgan fingerprint density at radius 1 is 0.679 bits per heavy atom. The summed E-state index contributed by atoms with van der Waals surface area (Å²) >= 11 is 0. The van der Waals surface area contributed by atoms with Crippen molar-refractivity contribution in [3.63, 3.8) is 0 Å². The summed E-state index contributed by atoms with van der Waals surface area (Å²) in [6.45, 7) is 4.39. The molecule has 0 unspecified atom stereocenters. The van der Waals surface area contributed by atoms with Gasteiger partial charge in [0.2, 0.25) is 0 Å². The standard InChI is InChI=1S/C24H38O4/c1-3-5-7-9-11-13-15-19-17-18-21(23(25)26)22(24(27)28)20(19)16-14-12-10-8-6-4-2/h17-18H,3-16H2,1-2H3,(H,25,26)(H,27,28). The molecule has 0 atom stereocenters. The SMILES string of the molecule is CCCCCCCCc1ccc(C(=O)O)c(C(=O)O)c1CCCCCCCC. The number of unbranched alkanes of at least 4 members (excludes halogenated alkanes) is 10. The third-order valence-electron chi connectivity index (χ3n) is 5.43. The van der Waals surface area contributed by atoms with E-state index in [1.54, 1.807) is 0 Å². The van der Waals surface area contributed by atoms with Gasteiger partial charge in [-0.1, -0.05) is 84.1 Å². The summed E-state index contributed by atoms with van der Waals surface area (Å²) in [5, 5.41) is 19.1. The predicted octanol–water partition coefficient (Wildman–Crippen LogP) is 6.89. The van der Waals surface area contributed by atoms with Crippen LogP contribution in [0.1, 0.15) is 123 Å². The lowest BCUT2D eigenvalue weighted by molar-refractivity contribution is 0.0650. The molecule has 1 aromatic rings. The minimum atomic E-state index is -1.16. The normalized spacial score (nSPS) is 10.9. The highest BCUT2D eigenvalue weighted by atomic mass is 16.4. The number of carboxylic acids is 2. The number of hydrogen-bond donors (Lipinski definition) is 2. The molecule has 0 amide bonds. The number of aromatic carboxylic acids is 2. The monoisotopic (exact) mass is 390 g/mol. The van der Waals surface area contributed by atoms with Crippen LogP contribution in [0.4, 0.5) is 0 Å². The van der Waals surface area contributed by atoms with Gasteiger partial charge in [-0.25, -0.2) is 9.59 Å². The van der Waals surface area contributed by atoms with Gasteiger partial charge in [0.15, 0.2) is 0 Å². The number of hydrogen-bond acceptors (Lipinski definition) is 2. The molecule has 0 aliphatic heterocycles. The van der Waals surface area contributed by atoms with Gasteiger partial charge in [0.25, 0.3) is 0 Å². The second-order valence-corrected chi connectivity index (χ2v) is 7.77. The molecular weight excluding hydrogens is 352 g/mol. The summed E-state index contributed by atoms with van der Waals surface area (Å²) in [5.41, 5.74) is 1.69. The van der Waals surface area contributed by atoms with Crippen molar-refractivity contribution >= 4 is 11.9 Å². The smallest absolute Gasteiger partial charge is 0.336 e. The molecule has 1 rings (SSSR count). The van der Waals surface area contributed by atoms with E-state index < -0.39 is 11.9 Å². The molecule has 2 N–H and O–H groups in total. The van der Waals surface area contributed by atoms with Gasteiger partial charge in [0.1, 0.15) is 0 Å². The molecule has 0 saturated heterocycles. The van der Waals surface area contributed by atoms with Crippen LogP contribution in [0.3, 0.4) is 0 Å². The minimum absolute atomic E-state index is 0.00420. The predicted molar refractivity (Wildman–Crippen MR) is 115 cm³/mol. The summed E-state index contributed by atoms with van der Waals surface area (Å²) < 4.78 is 0. The molecule has 0 radical (unpaired) electrons. The van der Waals surface area contributed by atoms with Crippen LogP contribution >= 0.6 is 0 Å². The van der Waals surface area contributed by atoms with E-state index in [-0.39, 0.29) is 11.1 Å². The zero-order valence-electron chi connectivity index (χ0n) is 17.8. The lowest BCUT2D eigenvalue weighted by Crippen LogP contribution is -2.14. The largest absolute Gasteiger partial charge is 0.478 e. The molecule has 0 spiro atoms. The van der Waals surface area contributed by atoms with E-state index in [1.165, 1.54) is 51.0 Å². The van der Waals surface area contributed by atoms with E-state index in [0.717, 1.165) is 49.7 Å². The molecule has 0 bridgehead atoms. The lowest BCUT2D eigenvalue weighted by Gasteiger charge is -2.15. The van der Waals surface area contributed by atoms with Crippen molar-refractivity contribution in [2.75, 3.05) is 0 Å². The van der Waals surface area contributed by atoms with Crippen molar-refractivity contribution in [2.45, 2.75) is 104 Å². The number of benzene rings is 1. The van der Waals surface area contributed by atoms with Crippen LogP contribution in [0.5, 0.6) is 0 Å². The lowest BCUT2D eigenvalue weighted by atomic mass is 9.89. The fourth-order valence-corrected chi connectivity index (χ4v) is 3.81. The van der Waals surface area contributed by atoms with Crippen LogP contribution in [0.2, 0.25) is 0 Å². The Bertz CT molecular complexity index is 607.